The van der Waals surface area contributed by atoms with Crippen LogP contribution in [0.2, 0.25) is 15.1 Å². The van der Waals surface area contributed by atoms with Crippen molar-refractivity contribution in [2.45, 2.75) is 6.42 Å². The number of aliphatic carboxylic acids is 1. The van der Waals surface area contributed by atoms with Gasteiger partial charge in [0.2, 0.25) is 0 Å². The van der Waals surface area contributed by atoms with Crippen LogP contribution in [-0.4, -0.2) is 16.1 Å². The first kappa shape index (κ1) is 14.1. The molecule has 0 aliphatic heterocycles. The lowest BCUT2D eigenvalue weighted by Crippen LogP contribution is -2.03. The average molecular weight is 317 g/mol. The summed E-state index contributed by atoms with van der Waals surface area (Å²) in [6, 6.07) is 6.64. The molecule has 0 aliphatic carbocycles. The Kier molecular flexibility index (Phi) is 4.30. The van der Waals surface area contributed by atoms with E-state index in [4.69, 9.17) is 39.9 Å². The maximum absolute atomic E-state index is 10.9. The summed E-state index contributed by atoms with van der Waals surface area (Å²) in [7, 11) is 0. The van der Waals surface area contributed by atoms with Gasteiger partial charge in [-0.2, -0.15) is 0 Å². The van der Waals surface area contributed by atoms with Gasteiger partial charge < -0.3 is 5.11 Å². The molecule has 2 rings (SSSR count). The van der Waals surface area contributed by atoms with E-state index < -0.39 is 5.97 Å². The number of carbonyl (C=O) groups is 1. The van der Waals surface area contributed by atoms with Gasteiger partial charge in [0.15, 0.2) is 0 Å². The van der Waals surface area contributed by atoms with Crippen molar-refractivity contribution in [3.8, 4) is 11.3 Å². The molecular formula is C13H8Cl3NO2. The van der Waals surface area contributed by atoms with Crippen molar-refractivity contribution in [1.29, 1.82) is 0 Å². The Bertz CT molecular complexity index is 644. The summed E-state index contributed by atoms with van der Waals surface area (Å²) in [6.07, 6.45) is 1.43. The Morgan fingerprint density at radius 1 is 1.16 bits per heavy atom. The highest BCUT2D eigenvalue weighted by Gasteiger charge is 2.15. The zero-order chi connectivity index (χ0) is 14.0. The molecule has 0 radical (unpaired) electrons. The maximum atomic E-state index is 10.9. The topological polar surface area (TPSA) is 50.2 Å². The van der Waals surface area contributed by atoms with E-state index in [1.165, 1.54) is 0 Å². The molecular weight excluding hydrogens is 309 g/mol. The summed E-state index contributed by atoms with van der Waals surface area (Å²) < 4.78 is 0. The molecule has 0 bridgehead atoms. The van der Waals surface area contributed by atoms with Gasteiger partial charge in [0.1, 0.15) is 0 Å². The van der Waals surface area contributed by atoms with Gasteiger partial charge in [-0.15, -0.1) is 0 Å². The normalized spacial score (nSPS) is 10.5. The Morgan fingerprint density at radius 2 is 1.89 bits per heavy atom. The van der Waals surface area contributed by atoms with Crippen LogP contribution in [0.3, 0.4) is 0 Å². The van der Waals surface area contributed by atoms with Gasteiger partial charge in [-0.1, -0.05) is 40.9 Å². The lowest BCUT2D eigenvalue weighted by atomic mass is 10.0. The second kappa shape index (κ2) is 5.78. The molecule has 1 aromatic carbocycles. The van der Waals surface area contributed by atoms with E-state index in [2.05, 4.69) is 4.98 Å². The van der Waals surface area contributed by atoms with E-state index >= 15 is 0 Å². The Morgan fingerprint density at radius 3 is 2.58 bits per heavy atom. The summed E-state index contributed by atoms with van der Waals surface area (Å²) in [5.74, 6) is -0.939. The zero-order valence-electron chi connectivity index (χ0n) is 9.53. The summed E-state index contributed by atoms with van der Waals surface area (Å²) >= 11 is 18.0. The first-order valence-electron chi connectivity index (χ1n) is 5.30. The largest absolute Gasteiger partial charge is 0.481 e. The number of pyridine rings is 1. The summed E-state index contributed by atoms with van der Waals surface area (Å²) in [5, 5.41) is 9.73. The minimum absolute atomic E-state index is 0.139. The van der Waals surface area contributed by atoms with Crippen LogP contribution in [0, 0.1) is 0 Å². The number of aromatic nitrogens is 1. The molecule has 0 spiro atoms. The Balaban J connectivity index is 2.59. The Labute approximate surface area is 124 Å². The van der Waals surface area contributed by atoms with Crippen LogP contribution < -0.4 is 0 Å². The molecule has 1 N–H and O–H groups in total. The van der Waals surface area contributed by atoms with Gasteiger partial charge >= 0.3 is 5.97 Å². The number of nitrogens with zero attached hydrogens (tertiary/aromatic N) is 1. The first-order valence-corrected chi connectivity index (χ1v) is 6.43. The van der Waals surface area contributed by atoms with Gasteiger partial charge in [-0.25, -0.2) is 0 Å². The fourth-order valence-corrected chi connectivity index (χ4v) is 2.32. The molecule has 0 saturated heterocycles. The summed E-state index contributed by atoms with van der Waals surface area (Å²) in [4.78, 5) is 15.0. The van der Waals surface area contributed by atoms with Gasteiger partial charge in [0.25, 0.3) is 0 Å². The molecule has 1 aromatic heterocycles. The molecule has 19 heavy (non-hydrogen) atoms. The second-order valence-electron chi connectivity index (χ2n) is 3.80. The second-order valence-corrected chi connectivity index (χ2v) is 4.97. The maximum Gasteiger partial charge on any atom is 0.307 e. The lowest BCUT2D eigenvalue weighted by molar-refractivity contribution is -0.136. The van der Waals surface area contributed by atoms with Gasteiger partial charge in [0, 0.05) is 11.8 Å². The van der Waals surface area contributed by atoms with Crippen LogP contribution in [0.4, 0.5) is 0 Å². The predicted molar refractivity (Wildman–Crippen MR) is 76.0 cm³/mol. The molecule has 0 saturated carbocycles. The van der Waals surface area contributed by atoms with E-state index in [1.54, 1.807) is 30.5 Å². The number of hydrogen-bond acceptors (Lipinski definition) is 2. The zero-order valence-corrected chi connectivity index (χ0v) is 11.8. The highest BCUT2D eigenvalue weighted by molar-refractivity contribution is 6.49. The predicted octanol–water partition coefficient (Wildman–Crippen LogP) is 4.34. The molecule has 0 unspecified atom stereocenters. The number of hydrogen-bond donors (Lipinski definition) is 1. The fourth-order valence-electron chi connectivity index (χ4n) is 1.70. The fraction of sp³-hybridized carbons (Fsp3) is 0.0769. The molecule has 2 aromatic rings. The van der Waals surface area contributed by atoms with Crippen molar-refractivity contribution in [3.05, 3.63) is 51.1 Å². The molecule has 3 nitrogen and oxygen atoms in total. The van der Waals surface area contributed by atoms with Crippen molar-refractivity contribution in [1.82, 2.24) is 4.98 Å². The van der Waals surface area contributed by atoms with Crippen LogP contribution in [0.25, 0.3) is 11.3 Å². The number of carboxylic acids is 1. The molecule has 6 heteroatoms. The van der Waals surface area contributed by atoms with Crippen LogP contribution in [-0.2, 0) is 11.2 Å². The third-order valence-electron chi connectivity index (χ3n) is 2.52. The van der Waals surface area contributed by atoms with Gasteiger partial charge in [-0.3, -0.25) is 9.78 Å². The monoisotopic (exact) mass is 315 g/mol. The van der Waals surface area contributed by atoms with E-state index in [1.807, 2.05) is 0 Å². The van der Waals surface area contributed by atoms with Crippen LogP contribution in [0.1, 0.15) is 5.56 Å². The van der Waals surface area contributed by atoms with Gasteiger partial charge in [-0.05, 0) is 23.8 Å². The van der Waals surface area contributed by atoms with Crippen molar-refractivity contribution in [3.63, 3.8) is 0 Å². The standard InChI is InChI=1S/C13H8Cl3NO2/c14-9-4-3-8(11(15)12(9)16)13-7(6-10(18)19)2-1-5-17-13/h1-5H,6H2,(H,18,19). The molecule has 0 aliphatic rings. The van der Waals surface area contributed by atoms with Crippen LogP contribution >= 0.6 is 34.8 Å². The number of halogens is 3. The number of rotatable bonds is 3. The quantitative estimate of drug-likeness (QED) is 0.857. The van der Waals surface area contributed by atoms with Crippen molar-refractivity contribution < 1.29 is 9.90 Å². The summed E-state index contributed by atoms with van der Waals surface area (Å²) in [6.45, 7) is 0. The first-order chi connectivity index (χ1) is 9.00. The SMILES string of the molecule is O=C(O)Cc1cccnc1-c1ccc(Cl)c(Cl)c1Cl. The van der Waals surface area contributed by atoms with Crippen molar-refractivity contribution in [2.24, 2.45) is 0 Å². The molecule has 1 heterocycles. The highest BCUT2D eigenvalue weighted by Crippen LogP contribution is 2.38. The minimum Gasteiger partial charge on any atom is -0.481 e. The summed E-state index contributed by atoms with van der Waals surface area (Å²) in [5.41, 5.74) is 1.62. The van der Waals surface area contributed by atoms with Crippen molar-refractivity contribution in [2.75, 3.05) is 0 Å². The van der Waals surface area contributed by atoms with Gasteiger partial charge in [0.05, 0.1) is 27.2 Å². The van der Waals surface area contributed by atoms with E-state index in [0.717, 1.165) is 0 Å². The Hall–Kier alpha value is -1.29. The smallest absolute Gasteiger partial charge is 0.307 e. The molecule has 0 amide bonds. The molecule has 98 valence electrons. The lowest BCUT2D eigenvalue weighted by Gasteiger charge is -2.10. The molecule has 0 fully saturated rings. The van der Waals surface area contributed by atoms with Crippen LogP contribution in [0.15, 0.2) is 30.5 Å². The minimum atomic E-state index is -0.939. The van der Waals surface area contributed by atoms with E-state index in [-0.39, 0.29) is 16.5 Å². The van der Waals surface area contributed by atoms with Crippen LogP contribution in [0.5, 0.6) is 0 Å². The number of carboxylic acid groups (broad SMARTS) is 1. The van der Waals surface area contributed by atoms with E-state index in [0.29, 0.717) is 21.8 Å². The van der Waals surface area contributed by atoms with E-state index in [9.17, 15) is 4.79 Å². The third-order valence-corrected chi connectivity index (χ3v) is 3.82. The molecule has 0 atom stereocenters. The number of benzene rings is 1. The third kappa shape index (κ3) is 3.00. The average Bonchev–Trinajstić information content (AvgIpc) is 2.37. The highest BCUT2D eigenvalue weighted by atomic mass is 35.5. The van der Waals surface area contributed by atoms with Crippen molar-refractivity contribution >= 4 is 40.8 Å².